The molecule has 2 rings (SSSR count). The Morgan fingerprint density at radius 2 is 2.24 bits per heavy atom. The Morgan fingerprint density at radius 1 is 1.53 bits per heavy atom. The normalized spacial score (nSPS) is 9.76. The third-order valence-corrected chi connectivity index (χ3v) is 2.24. The van der Waals surface area contributed by atoms with Crippen LogP contribution in [-0.2, 0) is 0 Å². The summed E-state index contributed by atoms with van der Waals surface area (Å²) in [7, 11) is 0. The molecule has 1 aromatic heterocycles. The fourth-order valence-corrected chi connectivity index (χ4v) is 1.54. The highest BCUT2D eigenvalue weighted by atomic mass is 35.5. The molecule has 7 N–H and O–H groups in total. The van der Waals surface area contributed by atoms with Crippen molar-refractivity contribution >= 4 is 28.3 Å². The van der Waals surface area contributed by atoms with E-state index in [-0.39, 0.29) is 28.2 Å². The second-order valence-electron chi connectivity index (χ2n) is 2.99. The lowest BCUT2D eigenvalue weighted by atomic mass is 10.2. The second kappa shape index (κ2) is 4.91. The van der Waals surface area contributed by atoms with Crippen LogP contribution in [0.2, 0.25) is 5.02 Å². The van der Waals surface area contributed by atoms with E-state index in [1.807, 2.05) is 0 Å². The van der Waals surface area contributed by atoms with Gasteiger partial charge in [-0.25, -0.2) is 0 Å². The van der Waals surface area contributed by atoms with E-state index in [4.69, 9.17) is 27.4 Å². The van der Waals surface area contributed by atoms with Gasteiger partial charge in [-0.2, -0.15) is 5.84 Å². The first-order valence-corrected chi connectivity index (χ1v) is 4.62. The standard InChI is InChI=1S/C9H6ClN4O2.H3N/c10-5-3-6-8(15)1-2-16-9(6)7(4-5)14(12)13-11;/h1,3-4,11H,12H2;1H3/p+1. The van der Waals surface area contributed by atoms with Gasteiger partial charge >= 0.3 is 5.69 Å². The largest absolute Gasteiger partial charge is 0.445 e. The Kier molecular flexibility index (Phi) is 3.79. The summed E-state index contributed by atoms with van der Waals surface area (Å²) in [4.78, 5) is 12.3. The Balaban J connectivity index is 0.00000144. The minimum absolute atomic E-state index is 0. The van der Waals surface area contributed by atoms with Gasteiger partial charge < -0.3 is 10.6 Å². The van der Waals surface area contributed by atoms with Gasteiger partial charge in [-0.15, -0.1) is 0 Å². The van der Waals surface area contributed by atoms with E-state index in [0.29, 0.717) is 5.02 Å². The maximum atomic E-state index is 11.5. The summed E-state index contributed by atoms with van der Waals surface area (Å²) in [5.41, 5.74) is 9.71. The number of benzene rings is 1. The van der Waals surface area contributed by atoms with E-state index in [0.717, 1.165) is 10.9 Å². The molecule has 0 saturated heterocycles. The first-order chi connectivity index (χ1) is 7.63. The number of hydrogen-bond acceptors (Lipinski definition) is 5. The predicted molar refractivity (Wildman–Crippen MR) is 61.3 cm³/mol. The van der Waals surface area contributed by atoms with Gasteiger partial charge in [0.1, 0.15) is 0 Å². The number of nitrogens with zero attached hydrogens (tertiary/aromatic N) is 1. The molecule has 17 heavy (non-hydrogen) atoms. The lowest BCUT2D eigenvalue weighted by Crippen LogP contribution is -2.29. The molecule has 89 valence electrons. The van der Waals surface area contributed by atoms with Crippen LogP contribution in [0.1, 0.15) is 0 Å². The molecule has 2 aromatic rings. The summed E-state index contributed by atoms with van der Waals surface area (Å²) in [5.74, 6) is 5.10. The van der Waals surface area contributed by atoms with Crippen LogP contribution in [0.3, 0.4) is 0 Å². The SMILES string of the molecule is N.N=[N+](NN)c1cc(Cl)cc2c(=O)c[c]oc12. The molecule has 7 nitrogen and oxygen atoms in total. The summed E-state index contributed by atoms with van der Waals surface area (Å²) in [6.07, 6.45) is 2.33. The van der Waals surface area contributed by atoms with Gasteiger partial charge in [0.15, 0.2) is 11.7 Å². The number of fused-ring (bicyclic) bond motifs is 1. The van der Waals surface area contributed by atoms with Crippen LogP contribution >= 0.6 is 11.6 Å². The molecule has 0 amide bonds. The van der Waals surface area contributed by atoms with E-state index in [9.17, 15) is 4.79 Å². The molecule has 0 atom stereocenters. The van der Waals surface area contributed by atoms with Crippen molar-refractivity contribution in [2.45, 2.75) is 0 Å². The van der Waals surface area contributed by atoms with Gasteiger partial charge in [-0.05, 0) is 11.6 Å². The average Bonchev–Trinajstić information content (AvgIpc) is 2.28. The maximum Gasteiger partial charge on any atom is 0.310 e. The highest BCUT2D eigenvalue weighted by Gasteiger charge is 2.18. The van der Waals surface area contributed by atoms with Crippen LogP contribution in [0.4, 0.5) is 5.69 Å². The lowest BCUT2D eigenvalue weighted by Gasteiger charge is -1.99. The van der Waals surface area contributed by atoms with Crippen LogP contribution in [0.25, 0.3) is 11.0 Å². The molecular formula is C9H10ClN5O2+. The van der Waals surface area contributed by atoms with E-state index in [2.05, 4.69) is 11.8 Å². The maximum absolute atomic E-state index is 11.5. The van der Waals surface area contributed by atoms with Crippen molar-refractivity contribution in [1.82, 2.24) is 11.7 Å². The number of hydrogen-bond donors (Lipinski definition) is 4. The molecule has 1 aromatic carbocycles. The predicted octanol–water partition coefficient (Wildman–Crippen LogP) is 1.46. The third kappa shape index (κ3) is 2.26. The van der Waals surface area contributed by atoms with E-state index in [1.165, 1.54) is 12.1 Å². The Labute approximate surface area is 101 Å². The monoisotopic (exact) mass is 255 g/mol. The van der Waals surface area contributed by atoms with E-state index < -0.39 is 0 Å². The molecule has 0 saturated carbocycles. The fraction of sp³-hybridized carbons (Fsp3) is 0. The zero-order valence-electron chi connectivity index (χ0n) is 8.66. The second-order valence-corrected chi connectivity index (χ2v) is 3.43. The summed E-state index contributed by atoms with van der Waals surface area (Å²) in [5, 5.41) is 0.585. The van der Waals surface area contributed by atoms with Crippen molar-refractivity contribution < 1.29 is 9.22 Å². The molecule has 0 spiro atoms. The van der Waals surface area contributed by atoms with Gasteiger partial charge in [0.2, 0.25) is 5.58 Å². The van der Waals surface area contributed by atoms with Crippen LogP contribution < -0.4 is 23.0 Å². The zero-order chi connectivity index (χ0) is 11.7. The van der Waals surface area contributed by atoms with Crippen LogP contribution in [0.5, 0.6) is 0 Å². The van der Waals surface area contributed by atoms with Crippen molar-refractivity contribution in [3.05, 3.63) is 39.7 Å². The van der Waals surface area contributed by atoms with Gasteiger partial charge in [0.25, 0.3) is 0 Å². The Bertz CT molecular complexity index is 624. The van der Waals surface area contributed by atoms with Crippen LogP contribution in [0.15, 0.2) is 27.4 Å². The fourth-order valence-electron chi connectivity index (χ4n) is 1.32. The third-order valence-electron chi connectivity index (χ3n) is 2.02. The molecular weight excluding hydrogens is 246 g/mol. The number of nitrogens with one attached hydrogen (secondary N) is 2. The van der Waals surface area contributed by atoms with Crippen LogP contribution in [-0.4, -0.2) is 4.81 Å². The molecule has 8 heteroatoms. The van der Waals surface area contributed by atoms with Crippen molar-refractivity contribution in [3.8, 4) is 0 Å². The van der Waals surface area contributed by atoms with Crippen LogP contribution in [0, 0.1) is 11.8 Å². The van der Waals surface area contributed by atoms with Crippen molar-refractivity contribution in [2.75, 3.05) is 0 Å². The molecule has 1 radical (unpaired) electrons. The minimum Gasteiger partial charge on any atom is -0.445 e. The number of nitrogens with two attached hydrogens (primary N) is 1. The van der Waals surface area contributed by atoms with Crippen molar-refractivity contribution in [3.63, 3.8) is 0 Å². The van der Waals surface area contributed by atoms with Gasteiger partial charge in [-0.3, -0.25) is 4.79 Å². The number of hydrazine groups is 2. The van der Waals surface area contributed by atoms with Crippen molar-refractivity contribution in [2.24, 2.45) is 5.84 Å². The molecule has 0 aliphatic heterocycles. The highest BCUT2D eigenvalue weighted by Crippen LogP contribution is 2.26. The Morgan fingerprint density at radius 3 is 2.88 bits per heavy atom. The van der Waals surface area contributed by atoms with Gasteiger partial charge in [0, 0.05) is 22.0 Å². The molecule has 0 aliphatic rings. The molecule has 0 aliphatic carbocycles. The summed E-state index contributed by atoms with van der Waals surface area (Å²) in [6, 6.07) is 4.07. The first-order valence-electron chi connectivity index (χ1n) is 4.24. The molecule has 0 unspecified atom stereocenters. The Hall–Kier alpha value is -1.96. The van der Waals surface area contributed by atoms with Crippen molar-refractivity contribution in [1.29, 1.82) is 5.53 Å². The summed E-state index contributed by atoms with van der Waals surface area (Å²) >= 11 is 5.83. The topological polar surface area (TPSA) is 130 Å². The van der Waals surface area contributed by atoms with E-state index in [1.54, 1.807) is 0 Å². The average molecular weight is 256 g/mol. The van der Waals surface area contributed by atoms with Gasteiger partial charge in [-0.1, -0.05) is 17.1 Å². The molecule has 1 heterocycles. The number of halogens is 1. The quantitative estimate of drug-likeness (QED) is 0.279. The minimum atomic E-state index is -0.282. The smallest absolute Gasteiger partial charge is 0.310 e. The summed E-state index contributed by atoms with van der Waals surface area (Å²) in [6.45, 7) is 0. The highest BCUT2D eigenvalue weighted by molar-refractivity contribution is 6.31. The lowest BCUT2D eigenvalue weighted by molar-refractivity contribution is -0.596. The zero-order valence-corrected chi connectivity index (χ0v) is 9.41. The van der Waals surface area contributed by atoms with E-state index >= 15 is 0 Å². The number of rotatable bonds is 2. The molecule has 0 fully saturated rings. The molecule has 0 bridgehead atoms. The van der Waals surface area contributed by atoms with Gasteiger partial charge in [0.05, 0.1) is 5.39 Å². The first kappa shape index (κ1) is 13.1. The summed E-state index contributed by atoms with van der Waals surface area (Å²) < 4.78 is 5.06.